The van der Waals surface area contributed by atoms with Gasteiger partial charge < -0.3 is 16.0 Å². The molecule has 7 nitrogen and oxygen atoms in total. The number of nitrogens with two attached hydrogens (primary N) is 1. The molecule has 0 radical (unpaired) electrons. The number of carbonyl (C=O) groups is 1. The van der Waals surface area contributed by atoms with Gasteiger partial charge in [0.1, 0.15) is 0 Å². The second kappa shape index (κ2) is 14.4. The number of anilines is 1. The minimum Gasteiger partial charge on any atom is -0.355 e. The molecular formula is C19H29Cl3N6O. The molecule has 10 heteroatoms. The van der Waals surface area contributed by atoms with Gasteiger partial charge >= 0.3 is 0 Å². The third-order valence-corrected chi connectivity index (χ3v) is 4.59. The number of rotatable bonds is 7. The van der Waals surface area contributed by atoms with Crippen LogP contribution in [0.1, 0.15) is 18.0 Å². The van der Waals surface area contributed by atoms with Crippen molar-refractivity contribution in [2.75, 3.05) is 44.2 Å². The highest BCUT2D eigenvalue weighted by atomic mass is 35.5. The second-order valence-corrected chi connectivity index (χ2v) is 6.45. The Morgan fingerprint density at radius 1 is 1.00 bits per heavy atom. The lowest BCUT2D eigenvalue weighted by atomic mass is 10.0. The fourth-order valence-corrected chi connectivity index (χ4v) is 3.07. The average molecular weight is 464 g/mol. The van der Waals surface area contributed by atoms with Crippen LogP contribution in [0, 0.1) is 0 Å². The maximum atomic E-state index is 12.1. The van der Waals surface area contributed by atoms with E-state index in [9.17, 15) is 4.79 Å². The number of aromatic nitrogens is 2. The van der Waals surface area contributed by atoms with E-state index in [-0.39, 0.29) is 49.2 Å². The van der Waals surface area contributed by atoms with Crippen molar-refractivity contribution in [3.8, 4) is 0 Å². The predicted octanol–water partition coefficient (Wildman–Crippen LogP) is 2.07. The van der Waals surface area contributed by atoms with Crippen molar-refractivity contribution < 1.29 is 4.79 Å². The van der Waals surface area contributed by atoms with Crippen LogP contribution < -0.4 is 16.0 Å². The molecule has 0 aliphatic carbocycles. The van der Waals surface area contributed by atoms with E-state index in [1.807, 2.05) is 36.4 Å². The molecule has 1 saturated heterocycles. The lowest BCUT2D eigenvalue weighted by Crippen LogP contribution is -2.49. The molecule has 1 aromatic carbocycles. The maximum absolute atomic E-state index is 12.1. The van der Waals surface area contributed by atoms with Gasteiger partial charge in [-0.05, 0) is 11.6 Å². The molecule has 1 aromatic heterocycles. The van der Waals surface area contributed by atoms with Crippen LogP contribution in [0.5, 0.6) is 0 Å². The van der Waals surface area contributed by atoms with E-state index in [2.05, 4.69) is 25.1 Å². The highest BCUT2D eigenvalue weighted by molar-refractivity contribution is 5.86. The molecule has 1 atom stereocenters. The van der Waals surface area contributed by atoms with E-state index in [1.165, 1.54) is 0 Å². The average Bonchev–Trinajstić information content (AvgIpc) is 2.70. The van der Waals surface area contributed by atoms with Gasteiger partial charge in [-0.15, -0.1) is 37.2 Å². The van der Waals surface area contributed by atoms with Gasteiger partial charge in [0, 0.05) is 64.1 Å². The Kier molecular flexibility index (Phi) is 13.5. The molecule has 0 spiro atoms. The summed E-state index contributed by atoms with van der Waals surface area (Å²) in [5.41, 5.74) is 7.08. The Morgan fingerprint density at radius 3 is 2.24 bits per heavy atom. The summed E-state index contributed by atoms with van der Waals surface area (Å²) < 4.78 is 0. The minimum absolute atomic E-state index is 0. The first-order valence-corrected chi connectivity index (χ1v) is 9.04. The molecule has 1 amide bonds. The number of amides is 1. The summed E-state index contributed by atoms with van der Waals surface area (Å²) in [6, 6.07) is 11.3. The van der Waals surface area contributed by atoms with Gasteiger partial charge in [-0.1, -0.05) is 30.3 Å². The van der Waals surface area contributed by atoms with Crippen molar-refractivity contribution in [2.45, 2.75) is 12.5 Å². The fourth-order valence-electron chi connectivity index (χ4n) is 3.07. The van der Waals surface area contributed by atoms with E-state index in [4.69, 9.17) is 5.73 Å². The molecule has 1 aliphatic rings. The lowest BCUT2D eigenvalue weighted by molar-refractivity contribution is -0.121. The van der Waals surface area contributed by atoms with E-state index in [1.54, 1.807) is 12.4 Å². The molecule has 0 bridgehead atoms. The summed E-state index contributed by atoms with van der Waals surface area (Å²) in [7, 11) is 0. The zero-order valence-corrected chi connectivity index (χ0v) is 18.6. The number of piperazine rings is 1. The molecule has 1 unspecified atom stereocenters. The SMILES string of the molecule is Cl.Cl.Cl.NC(CC(=O)NCCN1CCN(c2ncccn2)CC1)c1ccccc1. The monoisotopic (exact) mass is 462 g/mol. The zero-order valence-electron chi connectivity index (χ0n) is 16.1. The fraction of sp³-hybridized carbons (Fsp3) is 0.421. The molecule has 2 aromatic rings. The highest BCUT2D eigenvalue weighted by Crippen LogP contribution is 2.13. The smallest absolute Gasteiger partial charge is 0.225 e. The number of nitrogens with one attached hydrogen (secondary N) is 1. The summed E-state index contributed by atoms with van der Waals surface area (Å²) in [5.74, 6) is 0.785. The van der Waals surface area contributed by atoms with Crippen molar-refractivity contribution >= 4 is 49.1 Å². The van der Waals surface area contributed by atoms with Gasteiger partial charge in [0.2, 0.25) is 11.9 Å². The van der Waals surface area contributed by atoms with Crippen LogP contribution in [0.25, 0.3) is 0 Å². The Labute approximate surface area is 190 Å². The summed E-state index contributed by atoms with van der Waals surface area (Å²) in [6.45, 7) is 5.17. The van der Waals surface area contributed by atoms with Crippen LogP contribution in [0.4, 0.5) is 5.95 Å². The van der Waals surface area contributed by atoms with Crippen LogP contribution >= 0.6 is 37.2 Å². The number of halogens is 3. The largest absolute Gasteiger partial charge is 0.355 e. The molecular weight excluding hydrogens is 435 g/mol. The minimum atomic E-state index is -0.259. The van der Waals surface area contributed by atoms with Crippen molar-refractivity contribution in [3.05, 3.63) is 54.4 Å². The maximum Gasteiger partial charge on any atom is 0.225 e. The van der Waals surface area contributed by atoms with Gasteiger partial charge in [0.15, 0.2) is 0 Å². The van der Waals surface area contributed by atoms with Crippen LogP contribution in [-0.2, 0) is 4.79 Å². The first kappa shape index (κ1) is 27.4. The summed E-state index contributed by atoms with van der Waals surface area (Å²) in [6.07, 6.45) is 3.85. The molecule has 3 rings (SSSR count). The van der Waals surface area contributed by atoms with Crippen LogP contribution in [-0.4, -0.2) is 60.0 Å². The van der Waals surface area contributed by atoms with Crippen molar-refractivity contribution in [1.82, 2.24) is 20.2 Å². The Balaban J connectivity index is 0.00000261. The Morgan fingerprint density at radius 2 is 1.62 bits per heavy atom. The molecule has 1 aliphatic heterocycles. The highest BCUT2D eigenvalue weighted by Gasteiger charge is 2.18. The van der Waals surface area contributed by atoms with Crippen LogP contribution in [0.3, 0.4) is 0 Å². The van der Waals surface area contributed by atoms with E-state index in [0.717, 1.165) is 44.2 Å². The molecule has 2 heterocycles. The van der Waals surface area contributed by atoms with E-state index >= 15 is 0 Å². The van der Waals surface area contributed by atoms with Crippen molar-refractivity contribution in [2.24, 2.45) is 5.73 Å². The second-order valence-electron chi connectivity index (χ2n) is 6.45. The van der Waals surface area contributed by atoms with Gasteiger partial charge in [0.05, 0.1) is 0 Å². The quantitative estimate of drug-likeness (QED) is 0.653. The molecule has 29 heavy (non-hydrogen) atoms. The predicted molar refractivity (Wildman–Crippen MR) is 123 cm³/mol. The third kappa shape index (κ3) is 8.72. The Bertz CT molecular complexity index is 687. The van der Waals surface area contributed by atoms with Crippen LogP contribution in [0.15, 0.2) is 48.8 Å². The zero-order chi connectivity index (χ0) is 18.2. The third-order valence-electron chi connectivity index (χ3n) is 4.59. The number of hydrogen-bond donors (Lipinski definition) is 2. The van der Waals surface area contributed by atoms with Gasteiger partial charge in [-0.2, -0.15) is 0 Å². The lowest BCUT2D eigenvalue weighted by Gasteiger charge is -2.34. The van der Waals surface area contributed by atoms with Gasteiger partial charge in [-0.25, -0.2) is 9.97 Å². The topological polar surface area (TPSA) is 87.4 Å². The number of benzene rings is 1. The van der Waals surface area contributed by atoms with Crippen LogP contribution in [0.2, 0.25) is 0 Å². The standard InChI is InChI=1S/C19H26N6O.3ClH/c20-17(16-5-2-1-3-6-16)15-18(26)21-9-10-24-11-13-25(14-12-24)19-22-7-4-8-23-19;;;/h1-8,17H,9-15,20H2,(H,21,26);3*1H. The first-order chi connectivity index (χ1) is 12.7. The van der Waals surface area contributed by atoms with Crippen molar-refractivity contribution in [1.29, 1.82) is 0 Å². The van der Waals surface area contributed by atoms with Gasteiger partial charge in [-0.3, -0.25) is 9.69 Å². The summed E-state index contributed by atoms with van der Waals surface area (Å²) in [5, 5.41) is 2.97. The van der Waals surface area contributed by atoms with Gasteiger partial charge in [0.25, 0.3) is 0 Å². The Hall–Kier alpha value is -1.64. The first-order valence-electron chi connectivity index (χ1n) is 9.04. The molecule has 3 N–H and O–H groups in total. The van der Waals surface area contributed by atoms with E-state index < -0.39 is 0 Å². The number of hydrogen-bond acceptors (Lipinski definition) is 6. The summed E-state index contributed by atoms with van der Waals surface area (Å²) in [4.78, 5) is 25.2. The summed E-state index contributed by atoms with van der Waals surface area (Å²) >= 11 is 0. The number of carbonyl (C=O) groups excluding carboxylic acids is 1. The normalized spacial score (nSPS) is 14.6. The van der Waals surface area contributed by atoms with Crippen molar-refractivity contribution in [3.63, 3.8) is 0 Å². The number of nitrogens with zero attached hydrogens (tertiary/aromatic N) is 4. The molecule has 0 saturated carbocycles. The molecule has 1 fully saturated rings. The van der Waals surface area contributed by atoms with E-state index in [0.29, 0.717) is 13.0 Å². The molecule has 162 valence electrons.